The molecule has 1 aromatic heterocycles. The van der Waals surface area contributed by atoms with Crippen molar-refractivity contribution in [2.45, 2.75) is 24.3 Å². The Balaban J connectivity index is 1.41. The highest BCUT2D eigenvalue weighted by molar-refractivity contribution is 6.31. The highest BCUT2D eigenvalue weighted by Gasteiger charge is 2.52. The number of hydrogen-bond donors (Lipinski definition) is 1. The number of benzene rings is 2. The number of carbonyl (C=O) groups is 1. The topological polar surface area (TPSA) is 45.2 Å². The number of hydrogen-bond acceptors (Lipinski definition) is 2. The van der Waals surface area contributed by atoms with E-state index in [1.54, 1.807) is 6.20 Å². The van der Waals surface area contributed by atoms with E-state index in [9.17, 15) is 4.79 Å². The zero-order valence-corrected chi connectivity index (χ0v) is 14.9. The molecule has 1 saturated carbocycles. The van der Waals surface area contributed by atoms with E-state index in [1.165, 1.54) is 5.56 Å². The van der Waals surface area contributed by atoms with Crippen LogP contribution < -0.4 is 10.2 Å². The van der Waals surface area contributed by atoms with Gasteiger partial charge in [0.2, 0.25) is 0 Å². The molecule has 0 bridgehead atoms. The molecule has 2 aliphatic rings. The molecule has 5 rings (SSSR count). The van der Waals surface area contributed by atoms with Crippen molar-refractivity contribution in [3.63, 3.8) is 0 Å². The minimum atomic E-state index is -0.169. The molecule has 2 fully saturated rings. The van der Waals surface area contributed by atoms with Crippen LogP contribution in [0.25, 0.3) is 10.8 Å². The van der Waals surface area contributed by atoms with Crippen molar-refractivity contribution < 1.29 is 4.79 Å². The number of nitrogens with one attached hydrogen (secondary N) is 1. The third-order valence-corrected chi connectivity index (χ3v) is 5.98. The summed E-state index contributed by atoms with van der Waals surface area (Å²) in [7, 11) is 0. The van der Waals surface area contributed by atoms with E-state index in [-0.39, 0.29) is 11.6 Å². The van der Waals surface area contributed by atoms with Crippen molar-refractivity contribution in [3.05, 3.63) is 71.5 Å². The first-order valence-corrected chi connectivity index (χ1v) is 9.20. The van der Waals surface area contributed by atoms with Gasteiger partial charge in [0, 0.05) is 22.0 Å². The van der Waals surface area contributed by atoms with E-state index in [0.29, 0.717) is 12.5 Å². The number of halogens is 1. The Hall–Kier alpha value is -2.59. The van der Waals surface area contributed by atoms with Crippen molar-refractivity contribution in [1.82, 2.24) is 10.3 Å². The summed E-state index contributed by atoms with van der Waals surface area (Å²) in [5.74, 6) is 0.398. The molecule has 4 nitrogen and oxygen atoms in total. The Morgan fingerprint density at radius 1 is 1.08 bits per heavy atom. The maximum atomic E-state index is 12.7. The van der Waals surface area contributed by atoms with E-state index >= 15 is 0 Å². The van der Waals surface area contributed by atoms with Crippen LogP contribution in [0.15, 0.2) is 60.9 Å². The Labute approximate surface area is 156 Å². The van der Waals surface area contributed by atoms with Gasteiger partial charge in [-0.1, -0.05) is 54.1 Å². The fraction of sp³-hybridized carbons (Fsp3) is 0.238. The average Bonchev–Trinajstić information content (AvgIpc) is 2.98. The molecule has 2 aromatic carbocycles. The minimum absolute atomic E-state index is 0.0410. The molecule has 0 atom stereocenters. The van der Waals surface area contributed by atoms with Gasteiger partial charge in [-0.2, -0.15) is 0 Å². The van der Waals surface area contributed by atoms with Crippen LogP contribution in [0.3, 0.4) is 0 Å². The fourth-order valence-corrected chi connectivity index (χ4v) is 4.65. The molecule has 1 aliphatic carbocycles. The molecule has 2 heterocycles. The Morgan fingerprint density at radius 3 is 2.69 bits per heavy atom. The molecular formula is C21H18ClN3O. The van der Waals surface area contributed by atoms with Crippen LogP contribution in [0.5, 0.6) is 0 Å². The Kier molecular flexibility index (Phi) is 3.44. The first-order valence-electron chi connectivity index (χ1n) is 8.82. The lowest BCUT2D eigenvalue weighted by Crippen LogP contribution is -2.53. The predicted octanol–water partition coefficient (Wildman–Crippen LogP) is 4.73. The maximum Gasteiger partial charge on any atom is 0.322 e. The number of anilines is 1. The van der Waals surface area contributed by atoms with Crippen molar-refractivity contribution in [2.75, 3.05) is 11.4 Å². The smallest absolute Gasteiger partial charge is 0.322 e. The predicted molar refractivity (Wildman–Crippen MR) is 104 cm³/mol. The summed E-state index contributed by atoms with van der Waals surface area (Å²) >= 11 is 6.34. The van der Waals surface area contributed by atoms with Gasteiger partial charge in [-0.15, -0.1) is 0 Å². The van der Waals surface area contributed by atoms with Crippen molar-refractivity contribution in [3.8, 4) is 0 Å². The van der Waals surface area contributed by atoms with Gasteiger partial charge in [-0.3, -0.25) is 9.88 Å². The molecule has 0 unspecified atom stereocenters. The summed E-state index contributed by atoms with van der Waals surface area (Å²) in [6.45, 7) is 0.669. The molecule has 1 saturated heterocycles. The van der Waals surface area contributed by atoms with Crippen LogP contribution in [-0.2, 0) is 0 Å². The molecule has 0 radical (unpaired) electrons. The molecular weight excluding hydrogens is 346 g/mol. The second-order valence-electron chi connectivity index (χ2n) is 7.30. The van der Waals surface area contributed by atoms with Gasteiger partial charge in [-0.05, 0) is 30.4 Å². The van der Waals surface area contributed by atoms with Crippen LogP contribution in [0.4, 0.5) is 10.5 Å². The Bertz CT molecular complexity index is 1010. The molecule has 130 valence electrons. The number of pyridine rings is 1. The zero-order valence-electron chi connectivity index (χ0n) is 14.2. The summed E-state index contributed by atoms with van der Waals surface area (Å²) in [6.07, 6.45) is 5.44. The van der Waals surface area contributed by atoms with Crippen molar-refractivity contribution >= 4 is 34.1 Å². The standard InChI is InChI=1S/C21H18ClN3O/c22-18-8-4-3-6-16(18)15-9-21(10-15)13-25(20(26)24-21)19-12-23-11-14-5-1-2-7-17(14)19/h1-8,11-12,15H,9-10,13H2,(H,24,26). The van der Waals surface area contributed by atoms with Crippen molar-refractivity contribution in [1.29, 1.82) is 0 Å². The summed E-state index contributed by atoms with van der Waals surface area (Å²) in [6, 6.07) is 16.0. The van der Waals surface area contributed by atoms with Gasteiger partial charge in [0.25, 0.3) is 0 Å². The number of nitrogens with zero attached hydrogens (tertiary/aromatic N) is 2. The summed E-state index contributed by atoms with van der Waals surface area (Å²) < 4.78 is 0. The zero-order chi connectivity index (χ0) is 17.7. The van der Waals surface area contributed by atoms with Gasteiger partial charge in [0.05, 0.1) is 24.0 Å². The quantitative estimate of drug-likeness (QED) is 0.715. The highest BCUT2D eigenvalue weighted by Crippen LogP contribution is 2.49. The molecule has 1 aliphatic heterocycles. The van der Waals surface area contributed by atoms with Crippen molar-refractivity contribution in [2.24, 2.45) is 0 Å². The number of amides is 2. The van der Waals surface area contributed by atoms with E-state index < -0.39 is 0 Å². The highest BCUT2D eigenvalue weighted by atomic mass is 35.5. The van der Waals surface area contributed by atoms with E-state index in [0.717, 1.165) is 34.3 Å². The largest absolute Gasteiger partial charge is 0.330 e. The lowest BCUT2D eigenvalue weighted by Gasteiger charge is -2.45. The van der Waals surface area contributed by atoms with Gasteiger partial charge < -0.3 is 5.32 Å². The summed E-state index contributed by atoms with van der Waals surface area (Å²) in [5.41, 5.74) is 1.88. The summed E-state index contributed by atoms with van der Waals surface area (Å²) in [4.78, 5) is 18.8. The molecule has 1 N–H and O–H groups in total. The number of aromatic nitrogens is 1. The third kappa shape index (κ3) is 2.36. The maximum absolute atomic E-state index is 12.7. The van der Waals surface area contributed by atoms with E-state index in [1.807, 2.05) is 53.6 Å². The number of fused-ring (bicyclic) bond motifs is 1. The Morgan fingerprint density at radius 2 is 1.85 bits per heavy atom. The SMILES string of the molecule is O=C1NC2(CC(c3ccccc3Cl)C2)CN1c1cncc2ccccc12. The molecule has 3 aromatic rings. The lowest BCUT2D eigenvalue weighted by molar-refractivity contribution is 0.191. The van der Waals surface area contributed by atoms with E-state index in [2.05, 4.69) is 16.4 Å². The molecule has 26 heavy (non-hydrogen) atoms. The first kappa shape index (κ1) is 15.6. The van der Waals surface area contributed by atoms with Crippen LogP contribution in [0.2, 0.25) is 5.02 Å². The molecule has 2 amide bonds. The monoisotopic (exact) mass is 363 g/mol. The third-order valence-electron chi connectivity index (χ3n) is 5.64. The minimum Gasteiger partial charge on any atom is -0.330 e. The normalized spacial score (nSPS) is 24.7. The average molecular weight is 364 g/mol. The number of carbonyl (C=O) groups excluding carboxylic acids is 1. The lowest BCUT2D eigenvalue weighted by atomic mass is 9.66. The van der Waals surface area contributed by atoms with Crippen LogP contribution in [-0.4, -0.2) is 23.1 Å². The molecule has 5 heteroatoms. The van der Waals surface area contributed by atoms with Gasteiger partial charge >= 0.3 is 6.03 Å². The fourth-order valence-electron chi connectivity index (χ4n) is 4.36. The second-order valence-corrected chi connectivity index (χ2v) is 7.71. The van der Waals surface area contributed by atoms with Crippen LogP contribution in [0.1, 0.15) is 24.3 Å². The van der Waals surface area contributed by atoms with Crippen LogP contribution in [0, 0.1) is 0 Å². The van der Waals surface area contributed by atoms with Gasteiger partial charge in [0.15, 0.2) is 0 Å². The van der Waals surface area contributed by atoms with E-state index in [4.69, 9.17) is 11.6 Å². The number of urea groups is 1. The molecule has 1 spiro atoms. The van der Waals surface area contributed by atoms with Crippen LogP contribution >= 0.6 is 11.6 Å². The number of rotatable bonds is 2. The van der Waals surface area contributed by atoms with Gasteiger partial charge in [0.1, 0.15) is 0 Å². The van der Waals surface area contributed by atoms with Gasteiger partial charge in [-0.25, -0.2) is 4.79 Å². The second kappa shape index (κ2) is 5.71. The first-order chi connectivity index (χ1) is 12.7. The summed E-state index contributed by atoms with van der Waals surface area (Å²) in [5, 5.41) is 6.12.